The second-order valence-electron chi connectivity index (χ2n) is 7.22. The molecule has 5 nitrogen and oxygen atoms in total. The number of hydrogen-bond donors (Lipinski definition) is 1. The molecule has 1 aromatic heterocycles. The van der Waals surface area contributed by atoms with E-state index in [1.807, 2.05) is 16.7 Å². The molecule has 2 aliphatic heterocycles. The highest BCUT2D eigenvalue weighted by Crippen LogP contribution is 2.36. The van der Waals surface area contributed by atoms with Crippen LogP contribution in [0.5, 0.6) is 0 Å². The Hall–Kier alpha value is -1.83. The Labute approximate surface area is 178 Å². The van der Waals surface area contributed by atoms with Crippen molar-refractivity contribution in [3.05, 3.63) is 63.5 Å². The van der Waals surface area contributed by atoms with E-state index in [1.165, 1.54) is 11.8 Å². The van der Waals surface area contributed by atoms with Crippen molar-refractivity contribution < 1.29 is 4.79 Å². The first-order valence-electron chi connectivity index (χ1n) is 9.16. The number of carbonyl (C=O) groups excluding carboxylic acids is 1. The number of hydrogen-bond acceptors (Lipinski definition) is 4. The molecule has 4 rings (SSSR count). The number of rotatable bonds is 3. The number of anilines is 1. The van der Waals surface area contributed by atoms with Crippen molar-refractivity contribution in [3.8, 4) is 0 Å². The van der Waals surface area contributed by atoms with Crippen LogP contribution in [0, 0.1) is 5.92 Å². The Morgan fingerprint density at radius 3 is 2.86 bits per heavy atom. The molecule has 0 spiro atoms. The topological polar surface area (TPSA) is 54.3 Å². The quantitative estimate of drug-likeness (QED) is 0.750. The molecule has 1 saturated heterocycles. The number of thiocarbonyl (C=S) groups is 1. The third kappa shape index (κ3) is 4.26. The molecular formula is C20H20ClN3O2S2. The number of amides is 1. The second kappa shape index (κ2) is 8.27. The van der Waals surface area contributed by atoms with Crippen molar-refractivity contribution >= 4 is 51.5 Å². The van der Waals surface area contributed by atoms with Gasteiger partial charge in [0, 0.05) is 48.0 Å². The Kier molecular flexibility index (Phi) is 5.75. The molecular weight excluding hydrogens is 414 g/mol. The SMILES string of the molecule is O=C(CSC(=S)N1C[C@H]2C[C@H](C1)c1cccc(=O)n1C2)Nc1cccc(Cl)c1. The van der Waals surface area contributed by atoms with Gasteiger partial charge >= 0.3 is 0 Å². The Morgan fingerprint density at radius 1 is 1.21 bits per heavy atom. The lowest BCUT2D eigenvalue weighted by Crippen LogP contribution is -2.48. The summed E-state index contributed by atoms with van der Waals surface area (Å²) in [6.45, 7) is 2.37. The van der Waals surface area contributed by atoms with E-state index in [-0.39, 0.29) is 17.2 Å². The van der Waals surface area contributed by atoms with Crippen LogP contribution in [0.15, 0.2) is 47.3 Å². The molecule has 0 aliphatic carbocycles. The van der Waals surface area contributed by atoms with Crippen molar-refractivity contribution in [1.29, 1.82) is 0 Å². The average molecular weight is 434 g/mol. The van der Waals surface area contributed by atoms with Crippen LogP contribution in [0.1, 0.15) is 18.0 Å². The lowest BCUT2D eigenvalue weighted by molar-refractivity contribution is -0.113. The maximum Gasteiger partial charge on any atom is 0.250 e. The fourth-order valence-corrected chi connectivity index (χ4v) is 5.20. The molecule has 0 saturated carbocycles. The summed E-state index contributed by atoms with van der Waals surface area (Å²) in [6, 6.07) is 12.6. The van der Waals surface area contributed by atoms with Crippen molar-refractivity contribution in [3.63, 3.8) is 0 Å². The molecule has 28 heavy (non-hydrogen) atoms. The molecule has 1 fully saturated rings. The van der Waals surface area contributed by atoms with Crippen LogP contribution in [-0.4, -0.2) is 38.5 Å². The van der Waals surface area contributed by atoms with Gasteiger partial charge in [0.15, 0.2) is 0 Å². The van der Waals surface area contributed by atoms with Gasteiger partial charge in [-0.15, -0.1) is 0 Å². The van der Waals surface area contributed by atoms with Gasteiger partial charge in [-0.05, 0) is 36.6 Å². The highest BCUT2D eigenvalue weighted by atomic mass is 35.5. The summed E-state index contributed by atoms with van der Waals surface area (Å²) in [4.78, 5) is 26.5. The monoisotopic (exact) mass is 433 g/mol. The first-order chi connectivity index (χ1) is 13.5. The summed E-state index contributed by atoms with van der Waals surface area (Å²) in [5.41, 5.74) is 1.86. The standard InChI is InChI=1S/C20H20ClN3O2S2/c21-15-3-1-4-16(8-15)22-18(25)12-28-20(27)23-9-13-7-14(11-23)17-5-2-6-19(26)24(17)10-13/h1-6,8,13-14H,7,9-12H2,(H,22,25)/t13-,14-/m1/s1. The highest BCUT2D eigenvalue weighted by molar-refractivity contribution is 8.23. The van der Waals surface area contributed by atoms with Gasteiger partial charge in [-0.25, -0.2) is 0 Å². The van der Waals surface area contributed by atoms with E-state index in [4.69, 9.17) is 23.8 Å². The van der Waals surface area contributed by atoms with Crippen LogP contribution in [0.4, 0.5) is 5.69 Å². The van der Waals surface area contributed by atoms with Crippen LogP contribution in [0.3, 0.4) is 0 Å². The van der Waals surface area contributed by atoms with Crippen molar-refractivity contribution in [2.45, 2.75) is 18.9 Å². The van der Waals surface area contributed by atoms with E-state index in [0.717, 1.165) is 36.1 Å². The van der Waals surface area contributed by atoms with Gasteiger partial charge < -0.3 is 14.8 Å². The minimum absolute atomic E-state index is 0.0790. The minimum Gasteiger partial charge on any atom is -0.356 e. The third-order valence-electron chi connectivity index (χ3n) is 5.17. The number of nitrogens with zero attached hydrogens (tertiary/aromatic N) is 2. The zero-order valence-corrected chi connectivity index (χ0v) is 17.5. The number of halogens is 1. The maximum absolute atomic E-state index is 12.2. The molecule has 1 aromatic carbocycles. The summed E-state index contributed by atoms with van der Waals surface area (Å²) in [5, 5.41) is 3.42. The van der Waals surface area contributed by atoms with E-state index in [9.17, 15) is 9.59 Å². The number of benzene rings is 1. The Balaban J connectivity index is 1.35. The summed E-state index contributed by atoms with van der Waals surface area (Å²) >= 11 is 12.9. The maximum atomic E-state index is 12.2. The van der Waals surface area contributed by atoms with Crippen LogP contribution >= 0.6 is 35.6 Å². The lowest BCUT2D eigenvalue weighted by Gasteiger charge is -2.43. The number of nitrogens with one attached hydrogen (secondary N) is 1. The second-order valence-corrected chi connectivity index (χ2v) is 9.26. The summed E-state index contributed by atoms with van der Waals surface area (Å²) in [6.07, 6.45) is 1.09. The van der Waals surface area contributed by atoms with Gasteiger partial charge in [0.05, 0.1) is 5.75 Å². The van der Waals surface area contributed by atoms with Crippen LogP contribution < -0.4 is 10.9 Å². The Morgan fingerprint density at radius 2 is 2.04 bits per heavy atom. The molecule has 8 heteroatoms. The summed E-state index contributed by atoms with van der Waals surface area (Å²) in [5.74, 6) is 0.863. The molecule has 2 atom stereocenters. The molecule has 0 radical (unpaired) electrons. The number of pyridine rings is 1. The van der Waals surface area contributed by atoms with E-state index in [2.05, 4.69) is 10.2 Å². The van der Waals surface area contributed by atoms with Crippen molar-refractivity contribution in [2.75, 3.05) is 24.2 Å². The molecule has 146 valence electrons. The van der Waals surface area contributed by atoms with Gasteiger partial charge in [-0.1, -0.05) is 47.7 Å². The van der Waals surface area contributed by atoms with Gasteiger partial charge in [0.25, 0.3) is 5.56 Å². The Bertz CT molecular complexity index is 978. The zero-order valence-electron chi connectivity index (χ0n) is 15.1. The number of thioether (sulfide) groups is 1. The molecule has 2 aliphatic rings. The van der Waals surface area contributed by atoms with Gasteiger partial charge in [-0.2, -0.15) is 0 Å². The van der Waals surface area contributed by atoms with Gasteiger partial charge in [0.2, 0.25) is 5.91 Å². The van der Waals surface area contributed by atoms with E-state index >= 15 is 0 Å². The molecule has 1 amide bonds. The highest BCUT2D eigenvalue weighted by Gasteiger charge is 2.35. The fourth-order valence-electron chi connectivity index (χ4n) is 4.03. The zero-order chi connectivity index (χ0) is 19.7. The number of fused-ring (bicyclic) bond motifs is 4. The fraction of sp³-hybridized carbons (Fsp3) is 0.350. The minimum atomic E-state index is -0.108. The first-order valence-corrected chi connectivity index (χ1v) is 10.9. The number of carbonyl (C=O) groups is 1. The predicted molar refractivity (Wildman–Crippen MR) is 118 cm³/mol. The van der Waals surface area contributed by atoms with E-state index in [1.54, 1.807) is 30.3 Å². The predicted octanol–water partition coefficient (Wildman–Crippen LogP) is 3.58. The molecule has 2 bridgehead atoms. The normalized spacial score (nSPS) is 20.4. The van der Waals surface area contributed by atoms with Crippen LogP contribution in [0.25, 0.3) is 0 Å². The molecule has 0 unspecified atom stereocenters. The molecule has 2 aromatic rings. The van der Waals surface area contributed by atoms with E-state index in [0.29, 0.717) is 22.5 Å². The van der Waals surface area contributed by atoms with Crippen molar-refractivity contribution in [1.82, 2.24) is 9.47 Å². The summed E-state index contributed by atoms with van der Waals surface area (Å²) < 4.78 is 2.65. The number of aromatic nitrogens is 1. The largest absolute Gasteiger partial charge is 0.356 e. The van der Waals surface area contributed by atoms with Crippen LogP contribution in [-0.2, 0) is 11.3 Å². The number of piperidine rings is 1. The summed E-state index contributed by atoms with van der Waals surface area (Å²) in [7, 11) is 0. The van der Waals surface area contributed by atoms with Gasteiger partial charge in [0.1, 0.15) is 4.32 Å². The first kappa shape index (κ1) is 19.5. The smallest absolute Gasteiger partial charge is 0.250 e. The molecule has 3 heterocycles. The lowest BCUT2D eigenvalue weighted by atomic mass is 9.83. The van der Waals surface area contributed by atoms with Gasteiger partial charge in [-0.3, -0.25) is 9.59 Å². The van der Waals surface area contributed by atoms with Crippen LogP contribution in [0.2, 0.25) is 5.02 Å². The number of likely N-dealkylation sites (tertiary alicyclic amines) is 1. The third-order valence-corrected chi connectivity index (χ3v) is 6.93. The van der Waals surface area contributed by atoms with E-state index < -0.39 is 0 Å². The molecule has 1 N–H and O–H groups in total. The van der Waals surface area contributed by atoms with Crippen molar-refractivity contribution in [2.24, 2.45) is 5.92 Å². The average Bonchev–Trinajstić information content (AvgIpc) is 2.67.